The molecule has 0 aromatic heterocycles. The quantitative estimate of drug-likeness (QED) is 0.571. The van der Waals surface area contributed by atoms with E-state index in [0.29, 0.717) is 0 Å². The van der Waals surface area contributed by atoms with Crippen LogP contribution in [0.3, 0.4) is 0 Å². The number of rotatable bonds is 7. The summed E-state index contributed by atoms with van der Waals surface area (Å²) < 4.78 is 4.32. The number of carboxylic acid groups (broad SMARTS) is 1. The lowest BCUT2D eigenvalue weighted by molar-refractivity contribution is -0.154. The van der Waals surface area contributed by atoms with Crippen LogP contribution in [0, 0.1) is 0 Å². The Morgan fingerprint density at radius 3 is 2.45 bits per heavy atom. The molecule has 0 spiro atoms. The lowest BCUT2D eigenvalue weighted by Crippen LogP contribution is -2.39. The Balaban J connectivity index is 2.31. The molecule has 7 heteroatoms. The highest BCUT2D eigenvalue weighted by Gasteiger charge is 2.16. The van der Waals surface area contributed by atoms with Gasteiger partial charge in [0.15, 0.2) is 6.61 Å². The number of aliphatic carboxylic acids is 1. The zero-order valence-electron chi connectivity index (χ0n) is 10.6. The van der Waals surface area contributed by atoms with Crippen LogP contribution >= 0.6 is 0 Å². The normalized spacial score (nSPS) is 11.4. The molecule has 20 heavy (non-hydrogen) atoms. The average Bonchev–Trinajstić information content (AvgIpc) is 2.43. The third-order valence-electron chi connectivity index (χ3n) is 2.34. The van der Waals surface area contributed by atoms with Gasteiger partial charge >= 0.3 is 11.9 Å². The Hall–Kier alpha value is -2.41. The molecule has 7 nitrogen and oxygen atoms in total. The van der Waals surface area contributed by atoms with Gasteiger partial charge in [-0.3, -0.25) is 9.59 Å². The molecular formula is C13H15NO6. The fraction of sp³-hybridized carbons (Fsp3) is 0.308. The van der Waals surface area contributed by atoms with Crippen molar-refractivity contribution in [2.75, 3.05) is 13.2 Å². The van der Waals surface area contributed by atoms with Gasteiger partial charge in [0.2, 0.25) is 5.91 Å². The van der Waals surface area contributed by atoms with Gasteiger partial charge in [-0.1, -0.05) is 30.3 Å². The molecule has 0 aliphatic rings. The van der Waals surface area contributed by atoms with Crippen molar-refractivity contribution in [2.24, 2.45) is 0 Å². The van der Waals surface area contributed by atoms with E-state index in [0.717, 1.165) is 5.56 Å². The average molecular weight is 281 g/mol. The standard InChI is InChI=1S/C13H15NO6/c15-10(6-9-4-2-1-3-5-9)13(19)14-7-12(18)20-8-11(16)17/h1-5,10,15H,6-8H2,(H,14,19)(H,16,17). The van der Waals surface area contributed by atoms with Gasteiger partial charge in [0, 0.05) is 6.42 Å². The van der Waals surface area contributed by atoms with E-state index >= 15 is 0 Å². The lowest BCUT2D eigenvalue weighted by Gasteiger charge is -2.11. The van der Waals surface area contributed by atoms with Crippen molar-refractivity contribution in [3.05, 3.63) is 35.9 Å². The molecule has 0 saturated carbocycles. The number of aliphatic hydroxyl groups is 1. The molecule has 0 bridgehead atoms. The van der Waals surface area contributed by atoms with E-state index in [-0.39, 0.29) is 6.42 Å². The molecule has 1 rings (SSSR count). The maximum atomic E-state index is 11.5. The van der Waals surface area contributed by atoms with Gasteiger partial charge in [-0.15, -0.1) is 0 Å². The molecule has 1 aromatic rings. The topological polar surface area (TPSA) is 113 Å². The first-order valence-corrected chi connectivity index (χ1v) is 5.86. The summed E-state index contributed by atoms with van der Waals surface area (Å²) >= 11 is 0. The Bertz CT molecular complexity index is 473. The molecule has 0 saturated heterocycles. The van der Waals surface area contributed by atoms with Crippen LogP contribution in [-0.2, 0) is 25.5 Å². The second kappa shape index (κ2) is 7.90. The van der Waals surface area contributed by atoms with Crippen LogP contribution in [0.2, 0.25) is 0 Å². The van der Waals surface area contributed by atoms with E-state index in [2.05, 4.69) is 10.1 Å². The molecule has 0 radical (unpaired) electrons. The molecule has 1 amide bonds. The number of hydrogen-bond acceptors (Lipinski definition) is 5. The predicted octanol–water partition coefficient (Wildman–Crippen LogP) is -0.666. The van der Waals surface area contributed by atoms with Crippen molar-refractivity contribution in [1.82, 2.24) is 5.32 Å². The van der Waals surface area contributed by atoms with Crippen LogP contribution < -0.4 is 5.32 Å². The van der Waals surface area contributed by atoms with E-state index in [1.54, 1.807) is 24.3 Å². The zero-order valence-corrected chi connectivity index (χ0v) is 10.6. The summed E-state index contributed by atoms with van der Waals surface area (Å²) in [7, 11) is 0. The Labute approximate surface area is 115 Å². The van der Waals surface area contributed by atoms with E-state index in [4.69, 9.17) is 5.11 Å². The van der Waals surface area contributed by atoms with Crippen LogP contribution in [0.25, 0.3) is 0 Å². The fourth-order valence-electron chi connectivity index (χ4n) is 1.40. The molecule has 1 unspecified atom stereocenters. The minimum atomic E-state index is -1.29. The van der Waals surface area contributed by atoms with Crippen molar-refractivity contribution in [3.8, 4) is 0 Å². The van der Waals surface area contributed by atoms with E-state index in [1.807, 2.05) is 6.07 Å². The second-order valence-electron chi connectivity index (χ2n) is 3.98. The van der Waals surface area contributed by atoms with Crippen LogP contribution in [0.4, 0.5) is 0 Å². The van der Waals surface area contributed by atoms with Gasteiger partial charge < -0.3 is 20.3 Å². The number of nitrogens with one attached hydrogen (secondary N) is 1. The van der Waals surface area contributed by atoms with Gasteiger partial charge in [-0.05, 0) is 5.56 Å². The highest BCUT2D eigenvalue weighted by Crippen LogP contribution is 2.02. The first-order valence-electron chi connectivity index (χ1n) is 5.86. The van der Waals surface area contributed by atoms with E-state index in [9.17, 15) is 19.5 Å². The van der Waals surface area contributed by atoms with Crippen LogP contribution in [0.1, 0.15) is 5.56 Å². The summed E-state index contributed by atoms with van der Waals surface area (Å²) in [6.45, 7) is -1.25. The van der Waals surface area contributed by atoms with Crippen molar-refractivity contribution in [3.63, 3.8) is 0 Å². The Morgan fingerprint density at radius 1 is 1.20 bits per heavy atom. The Morgan fingerprint density at radius 2 is 1.85 bits per heavy atom. The minimum absolute atomic E-state index is 0.122. The van der Waals surface area contributed by atoms with Crippen LogP contribution in [0.15, 0.2) is 30.3 Å². The number of carbonyl (C=O) groups is 3. The molecule has 1 atom stereocenters. The van der Waals surface area contributed by atoms with E-state index in [1.165, 1.54) is 0 Å². The predicted molar refractivity (Wildman–Crippen MR) is 67.8 cm³/mol. The SMILES string of the molecule is O=C(O)COC(=O)CNC(=O)C(O)Cc1ccccc1. The first kappa shape index (κ1) is 15.6. The number of carboxylic acids is 1. The Kier molecular flexibility index (Phi) is 6.18. The summed E-state index contributed by atoms with van der Waals surface area (Å²) in [5.41, 5.74) is 0.781. The number of ether oxygens (including phenoxy) is 1. The monoisotopic (exact) mass is 281 g/mol. The first-order chi connectivity index (χ1) is 9.49. The van der Waals surface area contributed by atoms with Gasteiger partial charge in [0.1, 0.15) is 12.6 Å². The summed E-state index contributed by atoms with van der Waals surface area (Å²) in [4.78, 5) is 32.7. The minimum Gasteiger partial charge on any atom is -0.479 e. The molecule has 0 fully saturated rings. The largest absolute Gasteiger partial charge is 0.479 e. The van der Waals surface area contributed by atoms with Gasteiger partial charge in [-0.25, -0.2) is 4.79 Å². The number of esters is 1. The molecule has 0 heterocycles. The van der Waals surface area contributed by atoms with Gasteiger partial charge in [0.05, 0.1) is 0 Å². The van der Waals surface area contributed by atoms with Crippen molar-refractivity contribution >= 4 is 17.8 Å². The number of hydrogen-bond donors (Lipinski definition) is 3. The molecule has 1 aromatic carbocycles. The highest BCUT2D eigenvalue weighted by atomic mass is 16.5. The maximum Gasteiger partial charge on any atom is 0.341 e. The third-order valence-corrected chi connectivity index (χ3v) is 2.34. The lowest BCUT2D eigenvalue weighted by atomic mass is 10.1. The second-order valence-corrected chi connectivity index (χ2v) is 3.98. The molecule has 3 N–H and O–H groups in total. The van der Waals surface area contributed by atoms with Crippen LogP contribution in [0.5, 0.6) is 0 Å². The van der Waals surface area contributed by atoms with Gasteiger partial charge in [0.25, 0.3) is 0 Å². The number of aliphatic hydroxyl groups excluding tert-OH is 1. The summed E-state index contributed by atoms with van der Waals surface area (Å²) in [6.07, 6.45) is -1.17. The van der Waals surface area contributed by atoms with E-state index < -0.39 is 37.1 Å². The highest BCUT2D eigenvalue weighted by molar-refractivity contribution is 5.85. The number of amides is 1. The third kappa shape index (κ3) is 5.96. The summed E-state index contributed by atoms with van der Waals surface area (Å²) in [5, 5.41) is 20.1. The van der Waals surface area contributed by atoms with Crippen LogP contribution in [-0.4, -0.2) is 47.3 Å². The summed E-state index contributed by atoms with van der Waals surface area (Å²) in [5.74, 6) is -2.89. The molecule has 0 aliphatic carbocycles. The zero-order chi connectivity index (χ0) is 15.0. The number of benzene rings is 1. The summed E-state index contributed by atoms with van der Waals surface area (Å²) in [6, 6.07) is 8.90. The molecular weight excluding hydrogens is 266 g/mol. The molecule has 0 aliphatic heterocycles. The van der Waals surface area contributed by atoms with Crippen molar-refractivity contribution < 1.29 is 29.3 Å². The number of carbonyl (C=O) groups excluding carboxylic acids is 2. The maximum absolute atomic E-state index is 11.5. The van der Waals surface area contributed by atoms with Crippen molar-refractivity contribution in [1.29, 1.82) is 0 Å². The fourth-order valence-corrected chi connectivity index (χ4v) is 1.40. The van der Waals surface area contributed by atoms with Crippen molar-refractivity contribution in [2.45, 2.75) is 12.5 Å². The molecule has 108 valence electrons. The smallest absolute Gasteiger partial charge is 0.341 e. The van der Waals surface area contributed by atoms with Gasteiger partial charge in [-0.2, -0.15) is 0 Å².